The molecule has 2 aromatic carbocycles. The van der Waals surface area contributed by atoms with Crippen LogP contribution in [0.15, 0.2) is 59.2 Å². The van der Waals surface area contributed by atoms with E-state index in [1.54, 1.807) is 6.21 Å². The van der Waals surface area contributed by atoms with E-state index in [0.29, 0.717) is 5.92 Å². The second-order valence-electron chi connectivity index (χ2n) is 6.72. The number of amides is 1. The van der Waals surface area contributed by atoms with Gasteiger partial charge < -0.3 is 0 Å². The summed E-state index contributed by atoms with van der Waals surface area (Å²) in [5.41, 5.74) is 7.38. The Kier molecular flexibility index (Phi) is 5.76. The molecule has 27 heavy (non-hydrogen) atoms. The summed E-state index contributed by atoms with van der Waals surface area (Å²) >= 11 is 0. The SMILES string of the molecule is CC(/C=N/NC(=O)Cn1nc2ccccc2n1)=C\c1ccc(C(C)C)cc1. The molecule has 6 heteroatoms. The first-order valence-corrected chi connectivity index (χ1v) is 8.91. The highest BCUT2D eigenvalue weighted by atomic mass is 16.2. The largest absolute Gasteiger partial charge is 0.271 e. The van der Waals surface area contributed by atoms with Gasteiger partial charge in [-0.3, -0.25) is 4.79 Å². The van der Waals surface area contributed by atoms with E-state index in [2.05, 4.69) is 58.8 Å². The normalized spacial score (nSPS) is 12.2. The number of carbonyl (C=O) groups excluding carboxylic acids is 1. The Morgan fingerprint density at radius 3 is 2.33 bits per heavy atom. The van der Waals surface area contributed by atoms with E-state index in [1.165, 1.54) is 10.4 Å². The molecule has 0 bridgehead atoms. The van der Waals surface area contributed by atoms with E-state index < -0.39 is 0 Å². The topological polar surface area (TPSA) is 72.2 Å². The number of nitrogens with one attached hydrogen (secondary N) is 1. The van der Waals surface area contributed by atoms with Crippen LogP contribution in [0.1, 0.15) is 37.8 Å². The van der Waals surface area contributed by atoms with Crippen LogP contribution in [-0.4, -0.2) is 27.1 Å². The maximum atomic E-state index is 12.0. The minimum atomic E-state index is -0.277. The standard InChI is InChI=1S/C21H23N5O/c1-15(2)18-10-8-17(9-11-18)12-16(3)13-22-23-21(27)14-26-24-19-6-4-5-7-20(19)25-26/h4-13,15H,14H2,1-3H3,(H,23,27)/b16-12+,22-13+. The second kappa shape index (κ2) is 8.40. The number of hydrogen-bond donors (Lipinski definition) is 1. The van der Waals surface area contributed by atoms with Crippen molar-refractivity contribution < 1.29 is 4.79 Å². The molecule has 6 nitrogen and oxygen atoms in total. The van der Waals surface area contributed by atoms with Gasteiger partial charge >= 0.3 is 0 Å². The van der Waals surface area contributed by atoms with E-state index in [1.807, 2.05) is 37.3 Å². The summed E-state index contributed by atoms with van der Waals surface area (Å²) in [6.07, 6.45) is 3.64. The molecule has 0 saturated carbocycles. The molecule has 1 N–H and O–H groups in total. The van der Waals surface area contributed by atoms with Crippen LogP contribution in [0, 0.1) is 0 Å². The van der Waals surface area contributed by atoms with Crippen molar-refractivity contribution in [1.29, 1.82) is 0 Å². The Morgan fingerprint density at radius 1 is 1.11 bits per heavy atom. The lowest BCUT2D eigenvalue weighted by Gasteiger charge is -2.05. The summed E-state index contributed by atoms with van der Waals surface area (Å²) in [5.74, 6) is 0.239. The Balaban J connectivity index is 1.54. The Bertz CT molecular complexity index is 950. The van der Waals surface area contributed by atoms with Gasteiger partial charge in [-0.25, -0.2) is 5.43 Å². The van der Waals surface area contributed by atoms with E-state index in [-0.39, 0.29) is 12.5 Å². The number of hydrazone groups is 1. The first-order chi connectivity index (χ1) is 13.0. The van der Waals surface area contributed by atoms with Gasteiger partial charge in [0.05, 0.1) is 6.21 Å². The summed E-state index contributed by atoms with van der Waals surface area (Å²) in [6.45, 7) is 6.30. The molecule has 0 saturated heterocycles. The molecule has 1 amide bonds. The number of aromatic nitrogens is 3. The van der Waals surface area contributed by atoms with Gasteiger partial charge in [0.2, 0.25) is 0 Å². The van der Waals surface area contributed by atoms with Crippen LogP contribution in [0.25, 0.3) is 17.1 Å². The van der Waals surface area contributed by atoms with Crippen LogP contribution in [0.3, 0.4) is 0 Å². The number of benzene rings is 2. The van der Waals surface area contributed by atoms with Gasteiger partial charge in [-0.15, -0.1) is 0 Å². The molecule has 1 heterocycles. The van der Waals surface area contributed by atoms with Crippen molar-refractivity contribution in [3.63, 3.8) is 0 Å². The fraction of sp³-hybridized carbons (Fsp3) is 0.238. The van der Waals surface area contributed by atoms with Crippen LogP contribution in [-0.2, 0) is 11.3 Å². The molecule has 3 aromatic rings. The molecule has 0 fully saturated rings. The quantitative estimate of drug-likeness (QED) is 0.537. The van der Waals surface area contributed by atoms with Crippen LogP contribution < -0.4 is 5.43 Å². The third-order valence-corrected chi connectivity index (χ3v) is 4.07. The van der Waals surface area contributed by atoms with Crippen LogP contribution in [0.2, 0.25) is 0 Å². The predicted molar refractivity (Wildman–Crippen MR) is 108 cm³/mol. The Morgan fingerprint density at radius 2 is 1.74 bits per heavy atom. The molecule has 0 spiro atoms. The predicted octanol–water partition coefficient (Wildman–Crippen LogP) is 3.76. The zero-order chi connectivity index (χ0) is 19.2. The van der Waals surface area contributed by atoms with E-state index in [0.717, 1.165) is 22.2 Å². The fourth-order valence-corrected chi connectivity index (χ4v) is 2.62. The van der Waals surface area contributed by atoms with E-state index >= 15 is 0 Å². The summed E-state index contributed by atoms with van der Waals surface area (Å²) in [5, 5.41) is 12.5. The maximum Gasteiger partial charge on any atom is 0.263 e. The molecule has 1 aromatic heterocycles. The lowest BCUT2D eigenvalue weighted by Crippen LogP contribution is -2.24. The highest BCUT2D eigenvalue weighted by molar-refractivity contribution is 5.86. The Hall–Kier alpha value is -3.28. The first kappa shape index (κ1) is 18.5. The molecular formula is C21H23N5O. The van der Waals surface area contributed by atoms with Gasteiger partial charge in [0, 0.05) is 0 Å². The third kappa shape index (κ3) is 5.10. The van der Waals surface area contributed by atoms with E-state index in [9.17, 15) is 4.79 Å². The van der Waals surface area contributed by atoms with Crippen molar-refractivity contribution in [2.75, 3.05) is 0 Å². The number of rotatable bonds is 6. The molecule has 3 rings (SSSR count). The van der Waals surface area contributed by atoms with Gasteiger partial charge in [0.15, 0.2) is 0 Å². The Labute approximate surface area is 158 Å². The van der Waals surface area contributed by atoms with Crippen molar-refractivity contribution in [2.45, 2.75) is 33.2 Å². The number of allylic oxidation sites excluding steroid dienone is 1. The molecule has 0 unspecified atom stereocenters. The van der Waals surface area contributed by atoms with Gasteiger partial charge in [-0.05, 0) is 41.7 Å². The molecule has 0 radical (unpaired) electrons. The summed E-state index contributed by atoms with van der Waals surface area (Å²) < 4.78 is 0. The lowest BCUT2D eigenvalue weighted by atomic mass is 10.0. The monoisotopic (exact) mass is 361 g/mol. The summed E-state index contributed by atoms with van der Waals surface area (Å²) in [4.78, 5) is 13.4. The van der Waals surface area contributed by atoms with Crippen molar-refractivity contribution in [3.05, 3.63) is 65.2 Å². The minimum absolute atomic E-state index is 0.0193. The van der Waals surface area contributed by atoms with Crippen molar-refractivity contribution in [3.8, 4) is 0 Å². The number of hydrogen-bond acceptors (Lipinski definition) is 4. The zero-order valence-electron chi connectivity index (χ0n) is 15.8. The highest BCUT2D eigenvalue weighted by Crippen LogP contribution is 2.16. The summed E-state index contributed by atoms with van der Waals surface area (Å²) in [6, 6.07) is 15.9. The maximum absolute atomic E-state index is 12.0. The second-order valence-corrected chi connectivity index (χ2v) is 6.72. The average Bonchev–Trinajstić information content (AvgIpc) is 3.04. The molecule has 138 valence electrons. The molecule has 0 aliphatic rings. The van der Waals surface area contributed by atoms with E-state index in [4.69, 9.17) is 0 Å². The molecule has 0 atom stereocenters. The van der Waals surface area contributed by atoms with Crippen LogP contribution in [0.4, 0.5) is 0 Å². The zero-order valence-corrected chi connectivity index (χ0v) is 15.8. The van der Waals surface area contributed by atoms with Crippen LogP contribution in [0.5, 0.6) is 0 Å². The average molecular weight is 361 g/mol. The fourth-order valence-electron chi connectivity index (χ4n) is 2.62. The van der Waals surface area contributed by atoms with Gasteiger partial charge in [0.1, 0.15) is 17.6 Å². The van der Waals surface area contributed by atoms with Crippen LogP contribution >= 0.6 is 0 Å². The minimum Gasteiger partial charge on any atom is -0.271 e. The molecule has 0 aliphatic carbocycles. The smallest absolute Gasteiger partial charge is 0.263 e. The highest BCUT2D eigenvalue weighted by Gasteiger charge is 2.06. The molecular weight excluding hydrogens is 338 g/mol. The third-order valence-electron chi connectivity index (χ3n) is 4.07. The number of nitrogens with zero attached hydrogens (tertiary/aromatic N) is 4. The number of carbonyl (C=O) groups is 1. The first-order valence-electron chi connectivity index (χ1n) is 8.91. The lowest BCUT2D eigenvalue weighted by molar-refractivity contribution is -0.122. The van der Waals surface area contributed by atoms with Gasteiger partial charge in [-0.2, -0.15) is 20.1 Å². The molecule has 0 aliphatic heterocycles. The van der Waals surface area contributed by atoms with Gasteiger partial charge in [0.25, 0.3) is 5.91 Å². The van der Waals surface area contributed by atoms with Gasteiger partial charge in [-0.1, -0.05) is 56.3 Å². The summed E-state index contributed by atoms with van der Waals surface area (Å²) in [7, 11) is 0. The van der Waals surface area contributed by atoms with Crippen molar-refractivity contribution in [1.82, 2.24) is 20.4 Å². The number of fused-ring (bicyclic) bond motifs is 1. The van der Waals surface area contributed by atoms with Crippen molar-refractivity contribution in [2.24, 2.45) is 5.10 Å². The van der Waals surface area contributed by atoms with Crippen molar-refractivity contribution >= 4 is 29.2 Å².